The molecule has 1 aliphatic rings. The molecule has 1 fully saturated rings. The zero-order valence-electron chi connectivity index (χ0n) is 13.2. The summed E-state index contributed by atoms with van der Waals surface area (Å²) in [5, 5.41) is 3.43. The van der Waals surface area contributed by atoms with Gasteiger partial charge < -0.3 is 5.32 Å². The number of aryl methyl sites for hydroxylation is 1. The third kappa shape index (κ3) is 3.41. The van der Waals surface area contributed by atoms with E-state index >= 15 is 0 Å². The zero-order chi connectivity index (χ0) is 14.7. The van der Waals surface area contributed by atoms with Gasteiger partial charge in [-0.2, -0.15) is 0 Å². The molecule has 1 aromatic rings. The summed E-state index contributed by atoms with van der Waals surface area (Å²) < 4.78 is 13.6. The molecule has 0 saturated heterocycles. The van der Waals surface area contributed by atoms with Gasteiger partial charge in [0, 0.05) is 6.04 Å². The Labute approximate surface area is 123 Å². The van der Waals surface area contributed by atoms with Crippen LogP contribution >= 0.6 is 0 Å². The van der Waals surface area contributed by atoms with Crippen molar-refractivity contribution in [2.75, 3.05) is 7.05 Å². The highest BCUT2D eigenvalue weighted by molar-refractivity contribution is 5.30. The lowest BCUT2D eigenvalue weighted by Crippen LogP contribution is -2.30. The van der Waals surface area contributed by atoms with E-state index in [1.165, 1.54) is 31.2 Å². The maximum absolute atomic E-state index is 13.6. The minimum atomic E-state index is -0.123. The summed E-state index contributed by atoms with van der Waals surface area (Å²) in [5.74, 6) is 2.18. The molecule has 112 valence electrons. The van der Waals surface area contributed by atoms with Gasteiger partial charge in [0.1, 0.15) is 5.82 Å². The van der Waals surface area contributed by atoms with Crippen LogP contribution in [0.3, 0.4) is 0 Å². The zero-order valence-corrected chi connectivity index (χ0v) is 13.2. The molecule has 0 aromatic heterocycles. The maximum Gasteiger partial charge on any atom is 0.123 e. The van der Waals surface area contributed by atoms with Crippen LogP contribution in [0, 0.1) is 30.5 Å². The van der Waals surface area contributed by atoms with E-state index in [9.17, 15) is 4.39 Å². The Morgan fingerprint density at radius 2 is 1.70 bits per heavy atom. The van der Waals surface area contributed by atoms with Gasteiger partial charge in [0.15, 0.2) is 0 Å². The van der Waals surface area contributed by atoms with Crippen LogP contribution in [0.5, 0.6) is 0 Å². The summed E-state index contributed by atoms with van der Waals surface area (Å²) in [6, 6.07) is 5.46. The Hall–Kier alpha value is -0.890. The first-order chi connectivity index (χ1) is 9.52. The van der Waals surface area contributed by atoms with Gasteiger partial charge in [-0.3, -0.25) is 0 Å². The minimum Gasteiger partial charge on any atom is -0.313 e. The summed E-state index contributed by atoms with van der Waals surface area (Å²) in [5.41, 5.74) is 2.33. The van der Waals surface area contributed by atoms with Crippen LogP contribution in [0.1, 0.15) is 56.7 Å². The third-order valence-electron chi connectivity index (χ3n) is 5.12. The van der Waals surface area contributed by atoms with Gasteiger partial charge >= 0.3 is 0 Å². The number of hydrogen-bond acceptors (Lipinski definition) is 1. The van der Waals surface area contributed by atoms with Gasteiger partial charge in [0.25, 0.3) is 0 Å². The predicted molar refractivity (Wildman–Crippen MR) is 83.2 cm³/mol. The highest BCUT2D eigenvalue weighted by Gasteiger charge is 2.29. The van der Waals surface area contributed by atoms with Crippen molar-refractivity contribution in [3.8, 4) is 0 Å². The molecule has 1 N–H and O–H groups in total. The molecular formula is C18H28FN. The molecule has 1 unspecified atom stereocenters. The molecule has 1 aliphatic carbocycles. The molecule has 0 heterocycles. The van der Waals surface area contributed by atoms with Crippen molar-refractivity contribution in [2.45, 2.75) is 52.5 Å². The average Bonchev–Trinajstić information content (AvgIpc) is 2.44. The molecule has 0 bridgehead atoms. The lowest BCUT2D eigenvalue weighted by Gasteiger charge is -2.36. The number of hydrogen-bond donors (Lipinski definition) is 1. The molecule has 0 amide bonds. The van der Waals surface area contributed by atoms with Crippen molar-refractivity contribution in [1.82, 2.24) is 5.32 Å². The molecule has 0 aliphatic heterocycles. The van der Waals surface area contributed by atoms with E-state index in [-0.39, 0.29) is 5.82 Å². The fraction of sp³-hybridized carbons (Fsp3) is 0.667. The van der Waals surface area contributed by atoms with E-state index in [1.807, 2.05) is 13.1 Å². The van der Waals surface area contributed by atoms with E-state index in [4.69, 9.17) is 0 Å². The van der Waals surface area contributed by atoms with Crippen molar-refractivity contribution >= 4 is 0 Å². The van der Waals surface area contributed by atoms with E-state index in [0.29, 0.717) is 12.0 Å². The first-order valence-electron chi connectivity index (χ1n) is 7.96. The van der Waals surface area contributed by atoms with Gasteiger partial charge in [-0.1, -0.05) is 19.9 Å². The van der Waals surface area contributed by atoms with E-state index < -0.39 is 0 Å². The quantitative estimate of drug-likeness (QED) is 0.829. The van der Waals surface area contributed by atoms with Crippen molar-refractivity contribution < 1.29 is 4.39 Å². The SMILES string of the molecule is CNC(c1cc(F)ccc1C)C1CCC(C(C)C)CC1. The van der Waals surface area contributed by atoms with Crippen molar-refractivity contribution in [3.63, 3.8) is 0 Å². The Kier molecular flexibility index (Phi) is 5.20. The largest absolute Gasteiger partial charge is 0.313 e. The van der Waals surface area contributed by atoms with Crippen molar-refractivity contribution in [1.29, 1.82) is 0 Å². The minimum absolute atomic E-state index is 0.123. The van der Waals surface area contributed by atoms with Crippen LogP contribution in [0.4, 0.5) is 4.39 Å². The van der Waals surface area contributed by atoms with Crippen molar-refractivity contribution in [3.05, 3.63) is 35.1 Å². The monoisotopic (exact) mass is 277 g/mol. The molecular weight excluding hydrogens is 249 g/mol. The van der Waals surface area contributed by atoms with Gasteiger partial charge in [-0.05, 0) is 80.7 Å². The highest BCUT2D eigenvalue weighted by atomic mass is 19.1. The molecule has 2 rings (SSSR count). The molecule has 0 radical (unpaired) electrons. The topological polar surface area (TPSA) is 12.0 Å². The normalized spacial score (nSPS) is 24.9. The first kappa shape index (κ1) is 15.5. The summed E-state index contributed by atoms with van der Waals surface area (Å²) in [4.78, 5) is 0. The Balaban J connectivity index is 2.11. The highest BCUT2D eigenvalue weighted by Crippen LogP contribution is 2.39. The van der Waals surface area contributed by atoms with Gasteiger partial charge in [-0.15, -0.1) is 0 Å². The van der Waals surface area contributed by atoms with Gasteiger partial charge in [0.2, 0.25) is 0 Å². The fourth-order valence-electron chi connectivity index (χ4n) is 3.74. The molecule has 1 aromatic carbocycles. The molecule has 2 heteroatoms. The smallest absolute Gasteiger partial charge is 0.123 e. The lowest BCUT2D eigenvalue weighted by molar-refractivity contribution is 0.192. The second-order valence-electron chi connectivity index (χ2n) is 6.69. The molecule has 0 spiro atoms. The third-order valence-corrected chi connectivity index (χ3v) is 5.12. The van der Waals surface area contributed by atoms with Crippen molar-refractivity contribution in [2.24, 2.45) is 17.8 Å². The first-order valence-corrected chi connectivity index (χ1v) is 7.96. The number of nitrogens with one attached hydrogen (secondary N) is 1. The van der Waals surface area contributed by atoms with Crippen LogP contribution in [0.25, 0.3) is 0 Å². The Bertz CT molecular complexity index is 433. The summed E-state index contributed by atoms with van der Waals surface area (Å²) >= 11 is 0. The second-order valence-corrected chi connectivity index (χ2v) is 6.69. The molecule has 1 nitrogen and oxygen atoms in total. The van der Waals surface area contributed by atoms with E-state index in [0.717, 1.165) is 17.4 Å². The predicted octanol–water partition coefficient (Wildman–Crippen LogP) is 4.86. The molecule has 1 saturated carbocycles. The fourth-order valence-corrected chi connectivity index (χ4v) is 3.74. The average molecular weight is 277 g/mol. The van der Waals surface area contributed by atoms with Gasteiger partial charge in [-0.25, -0.2) is 4.39 Å². The summed E-state index contributed by atoms with van der Waals surface area (Å²) in [6.07, 6.45) is 5.14. The van der Waals surface area contributed by atoms with Crippen LogP contribution < -0.4 is 5.32 Å². The van der Waals surface area contributed by atoms with Gasteiger partial charge in [0.05, 0.1) is 0 Å². The number of halogens is 1. The van der Waals surface area contributed by atoms with Crippen LogP contribution in [0.2, 0.25) is 0 Å². The summed E-state index contributed by atoms with van der Waals surface area (Å²) in [6.45, 7) is 6.74. The molecule has 20 heavy (non-hydrogen) atoms. The standard InChI is InChI=1S/C18H28FN/c1-12(2)14-6-8-15(9-7-14)18(20-4)17-11-16(19)10-5-13(17)3/h5,10-12,14-15,18,20H,6-9H2,1-4H3. The second kappa shape index (κ2) is 6.71. The van der Waals surface area contributed by atoms with E-state index in [2.05, 4.69) is 26.1 Å². The lowest BCUT2D eigenvalue weighted by atomic mass is 9.73. The number of rotatable bonds is 4. The van der Waals surface area contributed by atoms with Crippen LogP contribution in [0.15, 0.2) is 18.2 Å². The summed E-state index contributed by atoms with van der Waals surface area (Å²) in [7, 11) is 2.00. The maximum atomic E-state index is 13.6. The van der Waals surface area contributed by atoms with Crippen LogP contribution in [-0.2, 0) is 0 Å². The molecule has 1 atom stereocenters. The number of benzene rings is 1. The van der Waals surface area contributed by atoms with Crippen LogP contribution in [-0.4, -0.2) is 7.05 Å². The Morgan fingerprint density at radius 3 is 2.25 bits per heavy atom. The Morgan fingerprint density at radius 1 is 1.10 bits per heavy atom. The van der Waals surface area contributed by atoms with E-state index in [1.54, 1.807) is 12.1 Å².